The van der Waals surface area contributed by atoms with Gasteiger partial charge < -0.3 is 10.1 Å². The van der Waals surface area contributed by atoms with Crippen LogP contribution in [0.1, 0.15) is 25.0 Å². The van der Waals surface area contributed by atoms with Crippen LogP contribution in [0.5, 0.6) is 5.75 Å². The highest BCUT2D eigenvalue weighted by Crippen LogP contribution is 2.37. The fourth-order valence-corrected chi connectivity index (χ4v) is 2.86. The summed E-state index contributed by atoms with van der Waals surface area (Å²) in [6, 6.07) is 13.0. The molecule has 2 aromatic rings. The molecule has 0 bridgehead atoms. The minimum atomic E-state index is 0.450. The largest absolute Gasteiger partial charge is 0.492 e. The molecule has 2 aromatic carbocycles. The van der Waals surface area contributed by atoms with Gasteiger partial charge in [0.2, 0.25) is 0 Å². The van der Waals surface area contributed by atoms with Crippen LogP contribution in [-0.2, 0) is 13.0 Å². The summed E-state index contributed by atoms with van der Waals surface area (Å²) in [7, 11) is 0. The first-order chi connectivity index (χ1) is 10.1. The summed E-state index contributed by atoms with van der Waals surface area (Å²) in [4.78, 5) is 0. The molecule has 3 heteroatoms. The van der Waals surface area contributed by atoms with E-state index < -0.39 is 0 Å². The van der Waals surface area contributed by atoms with Gasteiger partial charge >= 0.3 is 0 Å². The fourth-order valence-electron chi connectivity index (χ4n) is 2.61. The van der Waals surface area contributed by atoms with Gasteiger partial charge in [-0.15, -0.1) is 0 Å². The van der Waals surface area contributed by atoms with Crippen molar-refractivity contribution >= 4 is 11.6 Å². The van der Waals surface area contributed by atoms with Crippen molar-refractivity contribution in [3.05, 3.63) is 52.5 Å². The molecule has 21 heavy (non-hydrogen) atoms. The van der Waals surface area contributed by atoms with Crippen LogP contribution in [-0.4, -0.2) is 12.6 Å². The van der Waals surface area contributed by atoms with Gasteiger partial charge in [0, 0.05) is 29.6 Å². The zero-order valence-electron chi connectivity index (χ0n) is 12.4. The number of hydrogen-bond acceptors (Lipinski definition) is 2. The van der Waals surface area contributed by atoms with Crippen molar-refractivity contribution in [2.75, 3.05) is 6.61 Å². The van der Waals surface area contributed by atoms with Gasteiger partial charge in [0.1, 0.15) is 5.75 Å². The summed E-state index contributed by atoms with van der Waals surface area (Å²) in [5.74, 6) is 1.02. The van der Waals surface area contributed by atoms with Crippen molar-refractivity contribution in [3.63, 3.8) is 0 Å². The molecular weight excluding hydrogens is 282 g/mol. The lowest BCUT2D eigenvalue weighted by atomic mass is 10.00. The molecule has 0 atom stereocenters. The second-order valence-corrected chi connectivity index (χ2v) is 6.14. The molecule has 110 valence electrons. The third-order valence-electron chi connectivity index (χ3n) is 3.78. The van der Waals surface area contributed by atoms with Gasteiger partial charge in [0.25, 0.3) is 0 Å². The van der Waals surface area contributed by atoms with E-state index in [1.165, 1.54) is 5.56 Å². The summed E-state index contributed by atoms with van der Waals surface area (Å²) >= 11 is 6.43. The second-order valence-electron chi connectivity index (χ2n) is 5.73. The molecule has 1 aliphatic heterocycles. The van der Waals surface area contributed by atoms with Gasteiger partial charge in [-0.1, -0.05) is 55.8 Å². The number of halogens is 1. The van der Waals surface area contributed by atoms with E-state index >= 15 is 0 Å². The first kappa shape index (κ1) is 14.4. The summed E-state index contributed by atoms with van der Waals surface area (Å²) in [5.41, 5.74) is 4.67. The summed E-state index contributed by atoms with van der Waals surface area (Å²) in [5, 5.41) is 4.20. The lowest BCUT2D eigenvalue weighted by Crippen LogP contribution is -2.21. The Labute approximate surface area is 131 Å². The zero-order valence-corrected chi connectivity index (χ0v) is 13.2. The maximum absolute atomic E-state index is 6.43. The molecule has 0 radical (unpaired) electrons. The Morgan fingerprint density at radius 3 is 2.86 bits per heavy atom. The van der Waals surface area contributed by atoms with Crippen LogP contribution in [0.25, 0.3) is 11.1 Å². The Balaban J connectivity index is 1.91. The third kappa shape index (κ3) is 3.07. The summed E-state index contributed by atoms with van der Waals surface area (Å²) in [6.45, 7) is 5.83. The van der Waals surface area contributed by atoms with E-state index in [0.29, 0.717) is 6.04 Å². The van der Waals surface area contributed by atoms with E-state index in [1.54, 1.807) is 0 Å². The third-order valence-corrected chi connectivity index (χ3v) is 4.13. The molecule has 0 fully saturated rings. The van der Waals surface area contributed by atoms with Crippen LogP contribution >= 0.6 is 11.6 Å². The van der Waals surface area contributed by atoms with Crippen LogP contribution < -0.4 is 10.1 Å². The molecular formula is C18H20ClNO. The predicted molar refractivity (Wildman–Crippen MR) is 88.1 cm³/mol. The van der Waals surface area contributed by atoms with Gasteiger partial charge in [0.05, 0.1) is 6.61 Å². The molecule has 0 spiro atoms. The van der Waals surface area contributed by atoms with E-state index in [0.717, 1.165) is 47.0 Å². The van der Waals surface area contributed by atoms with Gasteiger partial charge in [-0.05, 0) is 22.8 Å². The number of nitrogens with one attached hydrogen (secondary N) is 1. The van der Waals surface area contributed by atoms with Gasteiger partial charge in [-0.3, -0.25) is 0 Å². The number of rotatable bonds is 4. The minimum absolute atomic E-state index is 0.450. The average molecular weight is 302 g/mol. The topological polar surface area (TPSA) is 21.3 Å². The van der Waals surface area contributed by atoms with Gasteiger partial charge in [0.15, 0.2) is 0 Å². The smallest absolute Gasteiger partial charge is 0.130 e. The van der Waals surface area contributed by atoms with E-state index in [4.69, 9.17) is 16.3 Å². The van der Waals surface area contributed by atoms with E-state index in [-0.39, 0.29) is 0 Å². The SMILES string of the molecule is CC(C)NCc1ccc(-c2cccc3c2OCC3)cc1Cl. The highest BCUT2D eigenvalue weighted by Gasteiger charge is 2.17. The van der Waals surface area contributed by atoms with Crippen molar-refractivity contribution in [1.82, 2.24) is 5.32 Å². The van der Waals surface area contributed by atoms with Crippen LogP contribution in [0.4, 0.5) is 0 Å². The van der Waals surface area contributed by atoms with Crippen LogP contribution in [0.3, 0.4) is 0 Å². The first-order valence-corrected chi connectivity index (χ1v) is 7.80. The van der Waals surface area contributed by atoms with E-state index in [1.807, 2.05) is 6.07 Å². The predicted octanol–water partition coefficient (Wildman–Crippen LogP) is 4.44. The van der Waals surface area contributed by atoms with Crippen molar-refractivity contribution in [1.29, 1.82) is 0 Å². The number of ether oxygens (including phenoxy) is 1. The highest BCUT2D eigenvalue weighted by molar-refractivity contribution is 6.31. The Morgan fingerprint density at radius 2 is 2.10 bits per heavy atom. The lowest BCUT2D eigenvalue weighted by molar-refractivity contribution is 0.358. The van der Waals surface area contributed by atoms with Gasteiger partial charge in [-0.25, -0.2) is 0 Å². The Hall–Kier alpha value is -1.51. The molecule has 0 aromatic heterocycles. The molecule has 2 nitrogen and oxygen atoms in total. The summed E-state index contributed by atoms with van der Waals surface area (Å²) < 4.78 is 5.78. The van der Waals surface area contributed by atoms with Crippen molar-refractivity contribution in [3.8, 4) is 16.9 Å². The van der Waals surface area contributed by atoms with E-state index in [9.17, 15) is 0 Å². The lowest BCUT2D eigenvalue weighted by Gasteiger charge is -2.12. The molecule has 3 rings (SSSR count). The highest BCUT2D eigenvalue weighted by atomic mass is 35.5. The molecule has 1 aliphatic rings. The van der Waals surface area contributed by atoms with Crippen LogP contribution in [0.15, 0.2) is 36.4 Å². The number of fused-ring (bicyclic) bond motifs is 1. The fraction of sp³-hybridized carbons (Fsp3) is 0.333. The number of hydrogen-bond donors (Lipinski definition) is 1. The second kappa shape index (κ2) is 6.08. The van der Waals surface area contributed by atoms with Crippen molar-refractivity contribution in [2.24, 2.45) is 0 Å². The Kier molecular flexibility index (Phi) is 4.18. The quantitative estimate of drug-likeness (QED) is 0.901. The first-order valence-electron chi connectivity index (χ1n) is 7.42. The Bertz CT molecular complexity index is 652. The molecule has 1 heterocycles. The van der Waals surface area contributed by atoms with Gasteiger partial charge in [-0.2, -0.15) is 0 Å². The van der Waals surface area contributed by atoms with Crippen molar-refractivity contribution in [2.45, 2.75) is 32.9 Å². The molecule has 0 amide bonds. The van der Waals surface area contributed by atoms with Crippen LogP contribution in [0.2, 0.25) is 5.02 Å². The standard InChI is InChI=1S/C18H20ClNO/c1-12(2)20-11-15-7-6-14(10-17(15)19)16-5-3-4-13-8-9-21-18(13)16/h3-7,10,12,20H,8-9,11H2,1-2H3. The van der Waals surface area contributed by atoms with E-state index in [2.05, 4.69) is 49.5 Å². The molecule has 0 saturated heterocycles. The monoisotopic (exact) mass is 301 g/mol. The normalized spacial score (nSPS) is 13.3. The van der Waals surface area contributed by atoms with Crippen LogP contribution in [0, 0.1) is 0 Å². The average Bonchev–Trinajstić information content (AvgIpc) is 2.94. The molecule has 0 unspecified atom stereocenters. The molecule has 0 aliphatic carbocycles. The zero-order chi connectivity index (χ0) is 14.8. The molecule has 0 saturated carbocycles. The molecule has 1 N–H and O–H groups in total. The summed E-state index contributed by atoms with van der Waals surface area (Å²) in [6.07, 6.45) is 0.993. The Morgan fingerprint density at radius 1 is 1.24 bits per heavy atom. The maximum Gasteiger partial charge on any atom is 0.130 e. The maximum atomic E-state index is 6.43. The number of benzene rings is 2. The minimum Gasteiger partial charge on any atom is -0.492 e. The van der Waals surface area contributed by atoms with Crippen molar-refractivity contribution < 1.29 is 4.74 Å². The number of para-hydroxylation sites is 1.